The van der Waals surface area contributed by atoms with Crippen LogP contribution in [0.1, 0.15) is 43.6 Å². The Labute approximate surface area is 216 Å². The summed E-state index contributed by atoms with van der Waals surface area (Å²) in [5, 5.41) is 7.08. The van der Waals surface area contributed by atoms with Crippen molar-refractivity contribution in [2.75, 3.05) is 33.2 Å². The monoisotopic (exact) mass is 565 g/mol. The van der Waals surface area contributed by atoms with Crippen molar-refractivity contribution in [1.82, 2.24) is 20.4 Å². The molecule has 33 heavy (non-hydrogen) atoms. The second kappa shape index (κ2) is 14.4. The van der Waals surface area contributed by atoms with Gasteiger partial charge in [0.1, 0.15) is 5.76 Å². The molecule has 7 heteroatoms. The molecule has 0 saturated carbocycles. The van der Waals surface area contributed by atoms with Gasteiger partial charge in [-0.3, -0.25) is 9.80 Å². The molecule has 3 rings (SSSR count). The van der Waals surface area contributed by atoms with E-state index in [9.17, 15) is 0 Å². The lowest BCUT2D eigenvalue weighted by Crippen LogP contribution is -2.48. The molecule has 2 N–H and O–H groups in total. The van der Waals surface area contributed by atoms with Crippen LogP contribution < -0.4 is 10.6 Å². The van der Waals surface area contributed by atoms with Gasteiger partial charge in [-0.2, -0.15) is 0 Å². The summed E-state index contributed by atoms with van der Waals surface area (Å²) < 4.78 is 5.49. The molecule has 1 aliphatic heterocycles. The molecule has 0 bridgehead atoms. The number of aliphatic imine (C=N–C) groups is 1. The van der Waals surface area contributed by atoms with Crippen LogP contribution in [0.4, 0.5) is 0 Å². The molecule has 1 aromatic heterocycles. The minimum Gasteiger partial charge on any atom is -0.468 e. The second-order valence-corrected chi connectivity index (χ2v) is 8.87. The summed E-state index contributed by atoms with van der Waals surface area (Å²) >= 11 is 0. The predicted octanol–water partition coefficient (Wildman–Crippen LogP) is 4.63. The number of halogens is 1. The van der Waals surface area contributed by atoms with E-state index in [0.29, 0.717) is 12.6 Å². The van der Waals surface area contributed by atoms with Crippen LogP contribution >= 0.6 is 24.0 Å². The minimum atomic E-state index is 0. The third kappa shape index (κ3) is 9.51. The summed E-state index contributed by atoms with van der Waals surface area (Å²) in [5.41, 5.74) is 3.79. The van der Waals surface area contributed by atoms with E-state index in [1.807, 2.05) is 12.1 Å². The highest BCUT2D eigenvalue weighted by molar-refractivity contribution is 14.0. The van der Waals surface area contributed by atoms with E-state index in [4.69, 9.17) is 9.41 Å². The van der Waals surface area contributed by atoms with E-state index in [1.165, 1.54) is 16.7 Å². The molecule has 0 radical (unpaired) electrons. The van der Waals surface area contributed by atoms with Crippen LogP contribution in [0.15, 0.2) is 64.2 Å². The van der Waals surface area contributed by atoms with Crippen molar-refractivity contribution in [3.63, 3.8) is 0 Å². The number of furan rings is 1. The number of nitrogens with one attached hydrogen (secondary N) is 2. The lowest BCUT2D eigenvalue weighted by atomic mass is 10.0. The van der Waals surface area contributed by atoms with Crippen molar-refractivity contribution < 1.29 is 4.42 Å². The minimum absolute atomic E-state index is 0. The molecule has 1 aliphatic rings. The molecule has 1 aromatic carbocycles. The Balaban J connectivity index is 0.00000385. The van der Waals surface area contributed by atoms with Crippen LogP contribution in [0.2, 0.25) is 0 Å². The zero-order valence-corrected chi connectivity index (χ0v) is 22.7. The van der Waals surface area contributed by atoms with Gasteiger partial charge in [-0.05, 0) is 57.0 Å². The van der Waals surface area contributed by atoms with Gasteiger partial charge in [0.25, 0.3) is 0 Å². The van der Waals surface area contributed by atoms with Crippen LogP contribution in [0, 0.1) is 0 Å². The average molecular weight is 566 g/mol. The smallest absolute Gasteiger partial charge is 0.191 e. The maximum Gasteiger partial charge on any atom is 0.191 e. The highest BCUT2D eigenvalue weighted by Gasteiger charge is 2.19. The molecule has 182 valence electrons. The zero-order chi connectivity index (χ0) is 22.8. The first-order chi connectivity index (χ1) is 15.5. The maximum atomic E-state index is 5.49. The number of piperidine rings is 1. The molecule has 0 aliphatic carbocycles. The van der Waals surface area contributed by atoms with Crippen LogP contribution in [0.3, 0.4) is 0 Å². The number of hydrogen-bond donors (Lipinski definition) is 2. The van der Waals surface area contributed by atoms with Gasteiger partial charge in [0.15, 0.2) is 5.96 Å². The lowest BCUT2D eigenvalue weighted by molar-refractivity contribution is 0.221. The van der Waals surface area contributed by atoms with Crippen LogP contribution in [0.5, 0.6) is 0 Å². The molecule has 1 saturated heterocycles. The highest BCUT2D eigenvalue weighted by Crippen LogP contribution is 2.15. The van der Waals surface area contributed by atoms with Gasteiger partial charge < -0.3 is 15.1 Å². The van der Waals surface area contributed by atoms with Crippen LogP contribution in [0.25, 0.3) is 0 Å². The Hall–Kier alpha value is -1.84. The van der Waals surface area contributed by atoms with Crippen LogP contribution in [-0.4, -0.2) is 55.0 Å². The third-order valence-electron chi connectivity index (χ3n) is 5.74. The van der Waals surface area contributed by atoms with Gasteiger partial charge in [-0.15, -0.1) is 24.0 Å². The Morgan fingerprint density at radius 2 is 1.88 bits per heavy atom. The van der Waals surface area contributed by atoms with E-state index < -0.39 is 0 Å². The summed E-state index contributed by atoms with van der Waals surface area (Å²) in [4.78, 5) is 9.67. The quantitative estimate of drug-likeness (QED) is 0.191. The topological polar surface area (TPSA) is 56.0 Å². The van der Waals surface area contributed by atoms with E-state index >= 15 is 0 Å². The molecule has 2 heterocycles. The number of guanidine groups is 1. The first-order valence-electron chi connectivity index (χ1n) is 11.7. The van der Waals surface area contributed by atoms with Gasteiger partial charge in [0, 0.05) is 38.8 Å². The zero-order valence-electron chi connectivity index (χ0n) is 20.3. The fourth-order valence-corrected chi connectivity index (χ4v) is 4.18. The second-order valence-electron chi connectivity index (χ2n) is 8.87. The number of likely N-dealkylation sites (tertiary alicyclic amines) is 1. The maximum absolute atomic E-state index is 5.49. The lowest BCUT2D eigenvalue weighted by Gasteiger charge is -2.33. The van der Waals surface area contributed by atoms with E-state index in [-0.39, 0.29) is 24.0 Å². The van der Waals surface area contributed by atoms with Crippen molar-refractivity contribution in [3.05, 3.63) is 71.7 Å². The molecule has 0 unspecified atom stereocenters. The standard InChI is InChI=1S/C26H39N5O.HI/c1-5-27-26(29-24-12-14-31(15-13-24)18-21(2)3)28-17-22-9-6-7-10-23(22)19-30(4)20-25-11-8-16-32-25;/h6-11,16,24H,2,5,12-15,17-20H2,1,3-4H3,(H2,27,28,29);1H. The van der Waals surface area contributed by atoms with Crippen molar-refractivity contribution in [1.29, 1.82) is 0 Å². The molecular formula is C26H40IN5O. The fourth-order valence-electron chi connectivity index (χ4n) is 4.18. The summed E-state index contributed by atoms with van der Waals surface area (Å²) in [6, 6.07) is 13.0. The summed E-state index contributed by atoms with van der Waals surface area (Å²) in [5.74, 6) is 1.89. The third-order valence-corrected chi connectivity index (χ3v) is 5.74. The molecule has 0 atom stereocenters. The molecule has 2 aromatic rings. The largest absolute Gasteiger partial charge is 0.468 e. The fraction of sp³-hybridized carbons (Fsp3) is 0.500. The summed E-state index contributed by atoms with van der Waals surface area (Å²) in [7, 11) is 2.12. The van der Waals surface area contributed by atoms with Gasteiger partial charge in [-0.25, -0.2) is 4.99 Å². The molecule has 6 nitrogen and oxygen atoms in total. The van der Waals surface area contributed by atoms with Gasteiger partial charge >= 0.3 is 0 Å². The van der Waals surface area contributed by atoms with Crippen molar-refractivity contribution in [2.45, 2.75) is 52.4 Å². The average Bonchev–Trinajstić information content (AvgIpc) is 3.27. The van der Waals surface area contributed by atoms with E-state index in [2.05, 4.69) is 72.2 Å². The van der Waals surface area contributed by atoms with Gasteiger partial charge in [0.2, 0.25) is 0 Å². The summed E-state index contributed by atoms with van der Waals surface area (Å²) in [6.45, 7) is 14.6. The summed E-state index contributed by atoms with van der Waals surface area (Å²) in [6.07, 6.45) is 3.99. The van der Waals surface area contributed by atoms with E-state index in [1.54, 1.807) is 6.26 Å². The molecule has 0 amide bonds. The Morgan fingerprint density at radius 1 is 1.15 bits per heavy atom. The van der Waals surface area contributed by atoms with Crippen LogP contribution in [-0.2, 0) is 19.6 Å². The SMILES string of the molecule is C=C(C)CN1CCC(NC(=NCc2ccccc2CN(C)Cc2ccco2)NCC)CC1.I. The number of hydrogen-bond acceptors (Lipinski definition) is 4. The van der Waals surface area contributed by atoms with E-state index in [0.717, 1.165) is 63.8 Å². The normalized spacial score (nSPS) is 15.3. The van der Waals surface area contributed by atoms with Gasteiger partial charge in [-0.1, -0.05) is 36.4 Å². The van der Waals surface area contributed by atoms with Crippen molar-refractivity contribution >= 4 is 29.9 Å². The molecular weight excluding hydrogens is 525 g/mol. The Morgan fingerprint density at radius 3 is 2.52 bits per heavy atom. The van der Waals surface area contributed by atoms with Gasteiger partial charge in [0.05, 0.1) is 19.4 Å². The van der Waals surface area contributed by atoms with Crippen molar-refractivity contribution in [3.8, 4) is 0 Å². The highest BCUT2D eigenvalue weighted by atomic mass is 127. The Bertz CT molecular complexity index is 859. The molecule has 1 fully saturated rings. The first-order valence-corrected chi connectivity index (χ1v) is 11.7. The Kier molecular flexibility index (Phi) is 12.0. The first kappa shape index (κ1) is 27.4. The predicted molar refractivity (Wildman–Crippen MR) is 148 cm³/mol. The van der Waals surface area contributed by atoms with Crippen molar-refractivity contribution in [2.24, 2.45) is 4.99 Å². The molecule has 0 spiro atoms. The number of nitrogens with zero attached hydrogens (tertiary/aromatic N) is 3. The number of benzene rings is 1. The number of rotatable bonds is 10.